The molecule has 5 rings (SSSR count). The number of ether oxygens (including phenoxy) is 4. The fourth-order valence-corrected chi connectivity index (χ4v) is 5.44. The Bertz CT molecular complexity index is 1320. The van der Waals surface area contributed by atoms with E-state index < -0.39 is 0 Å². The van der Waals surface area contributed by atoms with Gasteiger partial charge in [-0.3, -0.25) is 14.5 Å². The highest BCUT2D eigenvalue weighted by atomic mass is 16.7. The molecule has 1 saturated heterocycles. The summed E-state index contributed by atoms with van der Waals surface area (Å²) in [5.74, 6) is 2.65. The number of hydrogen-bond acceptors (Lipinski definition) is 7. The second-order valence-electron chi connectivity index (χ2n) is 10.7. The second-order valence-corrected chi connectivity index (χ2v) is 10.7. The molecular weight excluding hydrogens is 536 g/mol. The summed E-state index contributed by atoms with van der Waals surface area (Å²) in [6.45, 7) is 10.2. The van der Waals surface area contributed by atoms with Gasteiger partial charge in [-0.05, 0) is 86.6 Å². The van der Waals surface area contributed by atoms with Gasteiger partial charge >= 0.3 is 0 Å². The van der Waals surface area contributed by atoms with Crippen LogP contribution in [0.25, 0.3) is 0 Å². The van der Waals surface area contributed by atoms with Crippen molar-refractivity contribution < 1.29 is 33.6 Å². The SMILES string of the molecule is Cc1cccc(C)c1NC(=O)CN1C[C@H](c2ccc3c(c2)OCO3)C[C@@H]1c1ccc(OCCOC(C)C)cc1.O=CO. The van der Waals surface area contributed by atoms with Crippen LogP contribution in [0.15, 0.2) is 60.7 Å². The molecule has 9 heteroatoms. The van der Waals surface area contributed by atoms with E-state index in [-0.39, 0.29) is 37.2 Å². The molecule has 0 saturated carbocycles. The van der Waals surface area contributed by atoms with Crippen molar-refractivity contribution >= 4 is 18.1 Å². The van der Waals surface area contributed by atoms with Crippen LogP contribution in [0.3, 0.4) is 0 Å². The van der Waals surface area contributed by atoms with E-state index in [1.54, 1.807) is 0 Å². The Kier molecular flexibility index (Phi) is 10.8. The highest BCUT2D eigenvalue weighted by Gasteiger charge is 2.35. The standard InChI is InChI=1S/C32H38N2O5.CH2O2/c1-21(2)36-14-15-37-27-11-8-24(9-12-27)28-16-26(25-10-13-29-30(17-25)39-20-38-29)18-34(28)19-31(35)33-32-22(3)6-5-7-23(32)4;2-1-3/h5-13,17,21,26,28H,14-16,18-20H2,1-4H3,(H,33,35);1H,(H,2,3)/t26-,28-;/m1./s1. The van der Waals surface area contributed by atoms with Crippen molar-refractivity contribution in [1.82, 2.24) is 4.90 Å². The first-order chi connectivity index (χ1) is 20.3. The van der Waals surface area contributed by atoms with Crippen LogP contribution in [0, 0.1) is 13.8 Å². The van der Waals surface area contributed by atoms with E-state index in [9.17, 15) is 4.79 Å². The average Bonchev–Trinajstić information content (AvgIpc) is 3.61. The minimum atomic E-state index is -0.250. The zero-order chi connectivity index (χ0) is 30.1. The largest absolute Gasteiger partial charge is 0.491 e. The molecule has 0 unspecified atom stereocenters. The molecule has 9 nitrogen and oxygen atoms in total. The highest BCUT2D eigenvalue weighted by molar-refractivity contribution is 5.93. The number of fused-ring (bicyclic) bond motifs is 1. The molecule has 224 valence electrons. The number of rotatable bonds is 10. The fourth-order valence-electron chi connectivity index (χ4n) is 5.44. The quantitative estimate of drug-likeness (QED) is 0.234. The first-order valence-corrected chi connectivity index (χ1v) is 14.2. The summed E-state index contributed by atoms with van der Waals surface area (Å²) in [5.41, 5.74) is 5.40. The Balaban J connectivity index is 0.00000129. The number of benzene rings is 3. The molecule has 2 N–H and O–H groups in total. The third-order valence-electron chi connectivity index (χ3n) is 7.43. The number of carbonyl (C=O) groups is 2. The topological polar surface area (TPSA) is 107 Å². The van der Waals surface area contributed by atoms with Crippen molar-refractivity contribution in [2.45, 2.75) is 52.2 Å². The minimum Gasteiger partial charge on any atom is -0.491 e. The van der Waals surface area contributed by atoms with Gasteiger partial charge in [0.2, 0.25) is 12.7 Å². The number of aryl methyl sites for hydroxylation is 2. The highest BCUT2D eigenvalue weighted by Crippen LogP contribution is 2.43. The molecule has 3 aromatic rings. The Labute approximate surface area is 247 Å². The normalized spacial score (nSPS) is 17.5. The number of nitrogens with one attached hydrogen (secondary N) is 1. The average molecular weight is 577 g/mol. The Morgan fingerprint density at radius 1 is 1.02 bits per heavy atom. The Morgan fingerprint density at radius 3 is 2.38 bits per heavy atom. The zero-order valence-electron chi connectivity index (χ0n) is 24.7. The van der Waals surface area contributed by atoms with Gasteiger partial charge in [0.1, 0.15) is 12.4 Å². The van der Waals surface area contributed by atoms with Gasteiger partial charge in [0.15, 0.2) is 11.5 Å². The van der Waals surface area contributed by atoms with E-state index in [0.717, 1.165) is 47.0 Å². The minimum absolute atomic E-state index is 0.00570. The van der Waals surface area contributed by atoms with Crippen molar-refractivity contribution in [1.29, 1.82) is 0 Å². The molecule has 2 aliphatic rings. The van der Waals surface area contributed by atoms with Crippen molar-refractivity contribution in [2.24, 2.45) is 0 Å². The zero-order valence-corrected chi connectivity index (χ0v) is 24.7. The van der Waals surface area contributed by atoms with Gasteiger partial charge in [0.25, 0.3) is 6.47 Å². The van der Waals surface area contributed by atoms with Crippen LogP contribution in [0.5, 0.6) is 17.2 Å². The van der Waals surface area contributed by atoms with Crippen molar-refractivity contribution in [3.05, 3.63) is 82.9 Å². The van der Waals surface area contributed by atoms with Gasteiger partial charge in [-0.15, -0.1) is 0 Å². The third-order valence-corrected chi connectivity index (χ3v) is 7.43. The summed E-state index contributed by atoms with van der Waals surface area (Å²) < 4.78 is 22.6. The van der Waals surface area contributed by atoms with E-state index in [1.807, 2.05) is 64.1 Å². The number of amides is 1. The molecular formula is C33H40N2O7. The summed E-state index contributed by atoms with van der Waals surface area (Å²) in [6, 6.07) is 20.6. The molecule has 3 aromatic carbocycles. The number of likely N-dealkylation sites (tertiary alicyclic amines) is 1. The molecule has 2 atom stereocenters. The summed E-state index contributed by atoms with van der Waals surface area (Å²) >= 11 is 0. The summed E-state index contributed by atoms with van der Waals surface area (Å²) in [5, 5.41) is 10.1. The predicted molar refractivity (Wildman–Crippen MR) is 161 cm³/mol. The Hall–Kier alpha value is -4.08. The Morgan fingerprint density at radius 2 is 1.69 bits per heavy atom. The van der Waals surface area contributed by atoms with E-state index in [0.29, 0.717) is 19.8 Å². The molecule has 42 heavy (non-hydrogen) atoms. The van der Waals surface area contributed by atoms with E-state index >= 15 is 0 Å². The van der Waals surface area contributed by atoms with Gasteiger partial charge < -0.3 is 29.4 Å². The van der Waals surface area contributed by atoms with Crippen molar-refractivity contribution in [3.63, 3.8) is 0 Å². The third kappa shape index (κ3) is 8.02. The number of para-hydroxylation sites is 1. The van der Waals surface area contributed by atoms with Crippen LogP contribution in [0.2, 0.25) is 0 Å². The number of anilines is 1. The first kappa shape index (κ1) is 30.9. The molecule has 0 aliphatic carbocycles. The van der Waals surface area contributed by atoms with Crippen LogP contribution in [0.1, 0.15) is 54.5 Å². The molecule has 1 amide bonds. The molecule has 0 aromatic heterocycles. The van der Waals surface area contributed by atoms with Crippen LogP contribution < -0.4 is 19.5 Å². The molecule has 2 heterocycles. The van der Waals surface area contributed by atoms with Crippen molar-refractivity contribution in [2.75, 3.05) is 38.4 Å². The number of nitrogens with zero attached hydrogens (tertiary/aromatic N) is 1. The summed E-state index contributed by atoms with van der Waals surface area (Å²) in [6.07, 6.45) is 1.09. The lowest BCUT2D eigenvalue weighted by Crippen LogP contribution is -2.33. The number of hydrogen-bond donors (Lipinski definition) is 2. The van der Waals surface area contributed by atoms with E-state index in [4.69, 9.17) is 28.8 Å². The first-order valence-electron chi connectivity index (χ1n) is 14.2. The van der Waals surface area contributed by atoms with Crippen LogP contribution in [-0.4, -0.2) is 61.6 Å². The van der Waals surface area contributed by atoms with E-state index in [2.05, 4.69) is 34.5 Å². The molecule has 0 bridgehead atoms. The maximum atomic E-state index is 13.3. The molecule has 1 fully saturated rings. The molecule has 0 spiro atoms. The maximum Gasteiger partial charge on any atom is 0.290 e. The lowest BCUT2D eigenvalue weighted by Gasteiger charge is -2.25. The summed E-state index contributed by atoms with van der Waals surface area (Å²) in [4.78, 5) is 23.9. The lowest BCUT2D eigenvalue weighted by molar-refractivity contribution is -0.123. The van der Waals surface area contributed by atoms with Crippen LogP contribution >= 0.6 is 0 Å². The predicted octanol–water partition coefficient (Wildman–Crippen LogP) is 5.71. The smallest absolute Gasteiger partial charge is 0.290 e. The molecule has 2 aliphatic heterocycles. The fraction of sp³-hybridized carbons (Fsp3) is 0.394. The molecule has 0 radical (unpaired) electrons. The second kappa shape index (κ2) is 14.7. The maximum absolute atomic E-state index is 13.3. The monoisotopic (exact) mass is 576 g/mol. The number of carboxylic acid groups (broad SMARTS) is 1. The van der Waals surface area contributed by atoms with Gasteiger partial charge in [0, 0.05) is 18.3 Å². The van der Waals surface area contributed by atoms with Crippen molar-refractivity contribution in [3.8, 4) is 17.2 Å². The van der Waals surface area contributed by atoms with Gasteiger partial charge in [0.05, 0.1) is 19.3 Å². The van der Waals surface area contributed by atoms with Crippen LogP contribution in [0.4, 0.5) is 5.69 Å². The van der Waals surface area contributed by atoms with E-state index in [1.165, 1.54) is 11.1 Å². The number of carbonyl (C=O) groups excluding carboxylic acids is 1. The summed E-state index contributed by atoms with van der Waals surface area (Å²) in [7, 11) is 0. The lowest BCUT2D eigenvalue weighted by atomic mass is 9.93. The van der Waals surface area contributed by atoms with Gasteiger partial charge in [-0.2, -0.15) is 0 Å². The van der Waals surface area contributed by atoms with Crippen LogP contribution in [-0.2, 0) is 14.3 Å². The van der Waals surface area contributed by atoms with Gasteiger partial charge in [-0.25, -0.2) is 0 Å². The van der Waals surface area contributed by atoms with Gasteiger partial charge in [-0.1, -0.05) is 36.4 Å².